The third-order valence-electron chi connectivity index (χ3n) is 5.50. The number of carbonyl (C=O) groups excluding carboxylic acids is 3. The SMILES string of the molecule is O=C(Oc1ccc(N2C(=O)C3C4C=CC(C4)C3C2=O)cc1)c1cccs1. The van der Waals surface area contributed by atoms with Gasteiger partial charge < -0.3 is 4.74 Å². The Balaban J connectivity index is 1.36. The largest absolute Gasteiger partial charge is 0.422 e. The summed E-state index contributed by atoms with van der Waals surface area (Å²) in [6.07, 6.45) is 5.07. The van der Waals surface area contributed by atoms with E-state index in [-0.39, 0.29) is 35.5 Å². The zero-order chi connectivity index (χ0) is 17.8. The summed E-state index contributed by atoms with van der Waals surface area (Å²) in [6, 6.07) is 10.0. The lowest BCUT2D eigenvalue weighted by molar-refractivity contribution is -0.123. The number of hydrogen-bond acceptors (Lipinski definition) is 5. The van der Waals surface area contributed by atoms with Crippen LogP contribution in [-0.2, 0) is 9.59 Å². The number of hydrogen-bond donors (Lipinski definition) is 0. The van der Waals surface area contributed by atoms with E-state index < -0.39 is 5.97 Å². The molecule has 0 spiro atoms. The third kappa shape index (κ3) is 2.18. The Bertz CT molecular complexity index is 901. The summed E-state index contributed by atoms with van der Waals surface area (Å²) in [7, 11) is 0. The molecule has 2 aliphatic carbocycles. The highest BCUT2D eigenvalue weighted by Crippen LogP contribution is 2.53. The Labute approximate surface area is 153 Å². The molecule has 1 saturated heterocycles. The zero-order valence-electron chi connectivity index (χ0n) is 13.7. The quantitative estimate of drug-likeness (QED) is 0.362. The van der Waals surface area contributed by atoms with Crippen LogP contribution in [0.15, 0.2) is 53.9 Å². The van der Waals surface area contributed by atoms with Crippen molar-refractivity contribution in [3.8, 4) is 5.75 Å². The maximum absolute atomic E-state index is 12.8. The lowest BCUT2D eigenvalue weighted by Crippen LogP contribution is -2.32. The number of thiophene rings is 1. The molecule has 1 saturated carbocycles. The Hall–Kier alpha value is -2.73. The lowest BCUT2D eigenvalue weighted by Gasteiger charge is -2.17. The summed E-state index contributed by atoms with van der Waals surface area (Å²) >= 11 is 1.31. The number of rotatable bonds is 3. The molecule has 0 N–H and O–H groups in total. The first-order valence-corrected chi connectivity index (χ1v) is 9.43. The second-order valence-corrected chi connectivity index (χ2v) is 7.82. The number of imide groups is 1. The van der Waals surface area contributed by atoms with E-state index in [1.54, 1.807) is 36.4 Å². The van der Waals surface area contributed by atoms with Crippen molar-refractivity contribution >= 4 is 34.8 Å². The molecule has 2 aromatic rings. The molecular weight excluding hydrogens is 350 g/mol. The molecule has 26 heavy (non-hydrogen) atoms. The molecule has 5 nitrogen and oxygen atoms in total. The molecule has 4 unspecified atom stereocenters. The van der Waals surface area contributed by atoms with Crippen LogP contribution in [0.2, 0.25) is 0 Å². The first-order chi connectivity index (χ1) is 12.6. The summed E-state index contributed by atoms with van der Waals surface area (Å²) in [4.78, 5) is 39.4. The monoisotopic (exact) mass is 365 g/mol. The van der Waals surface area contributed by atoms with Gasteiger partial charge >= 0.3 is 5.97 Å². The van der Waals surface area contributed by atoms with Crippen LogP contribution in [0.3, 0.4) is 0 Å². The van der Waals surface area contributed by atoms with Gasteiger partial charge in [0.15, 0.2) is 0 Å². The fourth-order valence-electron chi connectivity index (χ4n) is 4.37. The maximum Gasteiger partial charge on any atom is 0.353 e. The van der Waals surface area contributed by atoms with Crippen LogP contribution < -0.4 is 9.64 Å². The van der Waals surface area contributed by atoms with E-state index >= 15 is 0 Å². The molecule has 6 heteroatoms. The molecule has 3 aliphatic rings. The van der Waals surface area contributed by atoms with Crippen molar-refractivity contribution < 1.29 is 19.1 Å². The van der Waals surface area contributed by atoms with Crippen LogP contribution in [0.25, 0.3) is 0 Å². The van der Waals surface area contributed by atoms with Gasteiger partial charge in [0.2, 0.25) is 11.8 Å². The molecule has 2 fully saturated rings. The van der Waals surface area contributed by atoms with Crippen LogP contribution in [0.4, 0.5) is 5.69 Å². The van der Waals surface area contributed by atoms with E-state index in [1.807, 2.05) is 5.38 Å². The Morgan fingerprint density at radius 2 is 1.65 bits per heavy atom. The third-order valence-corrected chi connectivity index (χ3v) is 6.35. The number of fused-ring (bicyclic) bond motifs is 5. The minimum Gasteiger partial charge on any atom is -0.422 e. The van der Waals surface area contributed by atoms with E-state index in [4.69, 9.17) is 4.74 Å². The minimum atomic E-state index is -0.418. The molecule has 5 rings (SSSR count). The fraction of sp³-hybridized carbons (Fsp3) is 0.250. The number of allylic oxidation sites excluding steroid dienone is 2. The molecule has 130 valence electrons. The van der Waals surface area contributed by atoms with Crippen molar-refractivity contribution in [3.63, 3.8) is 0 Å². The van der Waals surface area contributed by atoms with Crippen molar-refractivity contribution in [1.29, 1.82) is 0 Å². The van der Waals surface area contributed by atoms with Crippen molar-refractivity contribution in [2.24, 2.45) is 23.7 Å². The lowest BCUT2D eigenvalue weighted by atomic mass is 9.85. The van der Waals surface area contributed by atoms with E-state index in [9.17, 15) is 14.4 Å². The predicted molar refractivity (Wildman–Crippen MR) is 95.9 cm³/mol. The minimum absolute atomic E-state index is 0.111. The number of anilines is 1. The molecule has 1 aromatic heterocycles. The van der Waals surface area contributed by atoms with Gasteiger partial charge in [-0.25, -0.2) is 4.79 Å². The molecular formula is C20H15NO4S. The van der Waals surface area contributed by atoms with E-state index in [1.165, 1.54) is 16.2 Å². The molecule has 2 bridgehead atoms. The van der Waals surface area contributed by atoms with Gasteiger partial charge in [-0.15, -0.1) is 11.3 Å². The van der Waals surface area contributed by atoms with Gasteiger partial charge in [0, 0.05) is 0 Å². The van der Waals surface area contributed by atoms with Crippen LogP contribution >= 0.6 is 11.3 Å². The molecule has 1 aliphatic heterocycles. The maximum atomic E-state index is 12.8. The fourth-order valence-corrected chi connectivity index (χ4v) is 4.97. The van der Waals surface area contributed by atoms with E-state index in [0.29, 0.717) is 16.3 Å². The topological polar surface area (TPSA) is 63.7 Å². The first kappa shape index (κ1) is 15.5. The molecule has 2 heterocycles. The highest BCUT2D eigenvalue weighted by molar-refractivity contribution is 7.12. The number of carbonyl (C=O) groups is 3. The van der Waals surface area contributed by atoms with Crippen LogP contribution in [0.5, 0.6) is 5.75 Å². The average Bonchev–Trinajstić information content (AvgIpc) is 3.41. The number of esters is 1. The van der Waals surface area contributed by atoms with Gasteiger partial charge in [0.25, 0.3) is 0 Å². The van der Waals surface area contributed by atoms with Gasteiger partial charge in [0.05, 0.1) is 17.5 Å². The summed E-state index contributed by atoms with van der Waals surface area (Å²) in [5, 5.41) is 1.81. The molecule has 4 atom stereocenters. The van der Waals surface area contributed by atoms with Crippen LogP contribution in [0.1, 0.15) is 16.1 Å². The summed E-state index contributed by atoms with van der Waals surface area (Å²) in [6.45, 7) is 0. The first-order valence-electron chi connectivity index (χ1n) is 8.55. The molecule has 2 amide bonds. The highest BCUT2D eigenvalue weighted by Gasteiger charge is 2.59. The van der Waals surface area contributed by atoms with Crippen molar-refractivity contribution in [3.05, 3.63) is 58.8 Å². The number of nitrogens with zero attached hydrogens (tertiary/aromatic N) is 1. The van der Waals surface area contributed by atoms with Gasteiger partial charge in [0.1, 0.15) is 10.6 Å². The van der Waals surface area contributed by atoms with Gasteiger partial charge in [-0.05, 0) is 54.0 Å². The van der Waals surface area contributed by atoms with Crippen molar-refractivity contribution in [2.45, 2.75) is 6.42 Å². The number of benzene rings is 1. The summed E-state index contributed by atoms with van der Waals surface area (Å²) < 4.78 is 5.32. The highest BCUT2D eigenvalue weighted by atomic mass is 32.1. The Kier molecular flexibility index (Phi) is 3.37. The van der Waals surface area contributed by atoms with Crippen molar-refractivity contribution in [2.75, 3.05) is 4.90 Å². The smallest absolute Gasteiger partial charge is 0.353 e. The number of ether oxygens (including phenoxy) is 1. The van der Waals surface area contributed by atoms with Gasteiger partial charge in [-0.3, -0.25) is 14.5 Å². The second-order valence-electron chi connectivity index (χ2n) is 6.87. The van der Waals surface area contributed by atoms with Gasteiger partial charge in [-0.2, -0.15) is 0 Å². The molecule has 1 aromatic carbocycles. The average molecular weight is 365 g/mol. The zero-order valence-corrected chi connectivity index (χ0v) is 14.5. The van der Waals surface area contributed by atoms with Crippen LogP contribution in [-0.4, -0.2) is 17.8 Å². The predicted octanol–water partition coefficient (Wildman–Crippen LogP) is 3.28. The van der Waals surface area contributed by atoms with E-state index in [0.717, 1.165) is 6.42 Å². The van der Waals surface area contributed by atoms with Crippen LogP contribution in [0, 0.1) is 23.7 Å². The standard InChI is InChI=1S/C20H15NO4S/c22-18-16-11-3-4-12(10-11)17(16)19(23)21(18)13-5-7-14(8-6-13)25-20(24)15-2-1-9-26-15/h1-9,11-12,16-17H,10H2. The Morgan fingerprint density at radius 1 is 1.00 bits per heavy atom. The van der Waals surface area contributed by atoms with E-state index in [2.05, 4.69) is 12.2 Å². The Morgan fingerprint density at radius 3 is 2.23 bits per heavy atom. The summed E-state index contributed by atoms with van der Waals surface area (Å²) in [5.74, 6) is -0.301. The number of amides is 2. The van der Waals surface area contributed by atoms with Crippen molar-refractivity contribution in [1.82, 2.24) is 0 Å². The summed E-state index contributed by atoms with van der Waals surface area (Å²) in [5.41, 5.74) is 0.532. The van der Waals surface area contributed by atoms with Gasteiger partial charge in [-0.1, -0.05) is 18.2 Å². The second kappa shape index (κ2) is 5.64. The molecule has 0 radical (unpaired) electrons. The normalized spacial score (nSPS) is 28.7.